The van der Waals surface area contributed by atoms with Crippen molar-refractivity contribution in [1.29, 1.82) is 5.26 Å². The first kappa shape index (κ1) is 13.6. The van der Waals surface area contributed by atoms with Crippen LogP contribution in [0.5, 0.6) is 5.75 Å². The van der Waals surface area contributed by atoms with Crippen LogP contribution in [0.25, 0.3) is 0 Å². The van der Waals surface area contributed by atoms with Gasteiger partial charge in [0.1, 0.15) is 18.4 Å². The fraction of sp³-hybridized carbons (Fsp3) is 0.0667. The van der Waals surface area contributed by atoms with Gasteiger partial charge in [0.05, 0.1) is 5.56 Å². The van der Waals surface area contributed by atoms with Gasteiger partial charge in [-0.2, -0.15) is 5.26 Å². The highest BCUT2D eigenvalue weighted by molar-refractivity contribution is 5.93. The molecule has 0 aromatic heterocycles. The highest BCUT2D eigenvalue weighted by Crippen LogP contribution is 2.18. The number of hydrazine groups is 1. The van der Waals surface area contributed by atoms with Gasteiger partial charge in [-0.1, -0.05) is 24.3 Å². The number of carbonyl (C=O) groups is 1. The van der Waals surface area contributed by atoms with Gasteiger partial charge < -0.3 is 4.74 Å². The highest BCUT2D eigenvalue weighted by atomic mass is 16.5. The molecule has 100 valence electrons. The summed E-state index contributed by atoms with van der Waals surface area (Å²) in [4.78, 5) is 11.4. The molecule has 0 heterocycles. The number of nitrogens with one attached hydrogen (secondary N) is 1. The van der Waals surface area contributed by atoms with Gasteiger partial charge in [0, 0.05) is 5.56 Å². The summed E-state index contributed by atoms with van der Waals surface area (Å²) in [6.07, 6.45) is 0. The van der Waals surface area contributed by atoms with Crippen LogP contribution in [0.4, 0.5) is 0 Å². The SMILES string of the molecule is N#Cc1ccccc1OCc1cccc(C(=O)NN)c1. The highest BCUT2D eigenvalue weighted by Gasteiger charge is 2.06. The molecule has 5 nitrogen and oxygen atoms in total. The molecule has 0 aliphatic heterocycles. The molecule has 1 amide bonds. The van der Waals surface area contributed by atoms with Gasteiger partial charge in [-0.15, -0.1) is 0 Å². The summed E-state index contributed by atoms with van der Waals surface area (Å²) in [5.74, 6) is 5.25. The zero-order chi connectivity index (χ0) is 14.4. The number of amides is 1. The van der Waals surface area contributed by atoms with E-state index in [1.807, 2.05) is 6.07 Å². The Balaban J connectivity index is 2.11. The number of ether oxygens (including phenoxy) is 1. The van der Waals surface area contributed by atoms with E-state index >= 15 is 0 Å². The Morgan fingerprint density at radius 2 is 2.05 bits per heavy atom. The van der Waals surface area contributed by atoms with Crippen molar-refractivity contribution in [3.05, 3.63) is 65.2 Å². The molecule has 0 spiro atoms. The number of para-hydroxylation sites is 1. The van der Waals surface area contributed by atoms with Crippen LogP contribution < -0.4 is 16.0 Å². The Hall–Kier alpha value is -2.84. The van der Waals surface area contributed by atoms with Crippen molar-refractivity contribution in [1.82, 2.24) is 5.43 Å². The molecule has 0 aliphatic rings. The van der Waals surface area contributed by atoms with Crippen LogP contribution >= 0.6 is 0 Å². The molecule has 0 radical (unpaired) electrons. The number of hydrogen-bond donors (Lipinski definition) is 2. The number of carbonyl (C=O) groups excluding carboxylic acids is 1. The van der Waals surface area contributed by atoms with Crippen molar-refractivity contribution in [2.75, 3.05) is 0 Å². The van der Waals surface area contributed by atoms with Crippen molar-refractivity contribution in [2.45, 2.75) is 6.61 Å². The van der Waals surface area contributed by atoms with E-state index in [-0.39, 0.29) is 12.5 Å². The summed E-state index contributed by atoms with van der Waals surface area (Å²) in [6.45, 7) is 0.268. The van der Waals surface area contributed by atoms with Gasteiger partial charge in [0.15, 0.2) is 0 Å². The number of nitriles is 1. The standard InChI is InChI=1S/C15H13N3O2/c16-9-13-5-1-2-7-14(13)20-10-11-4-3-6-12(8-11)15(19)18-17/h1-8H,10,17H2,(H,18,19). The smallest absolute Gasteiger partial charge is 0.265 e. The fourth-order valence-corrected chi connectivity index (χ4v) is 1.73. The van der Waals surface area contributed by atoms with Crippen LogP contribution in [0.15, 0.2) is 48.5 Å². The van der Waals surface area contributed by atoms with Crippen LogP contribution in [0.2, 0.25) is 0 Å². The largest absolute Gasteiger partial charge is 0.488 e. The molecule has 3 N–H and O–H groups in total. The molecule has 5 heteroatoms. The topological polar surface area (TPSA) is 88.1 Å². The van der Waals surface area contributed by atoms with E-state index in [2.05, 4.69) is 11.5 Å². The predicted molar refractivity (Wildman–Crippen MR) is 73.6 cm³/mol. The molecule has 0 unspecified atom stereocenters. The van der Waals surface area contributed by atoms with E-state index in [1.165, 1.54) is 0 Å². The molecule has 20 heavy (non-hydrogen) atoms. The number of rotatable bonds is 4. The Labute approximate surface area is 116 Å². The Bertz CT molecular complexity index is 662. The normalized spacial score (nSPS) is 9.60. The van der Waals surface area contributed by atoms with E-state index in [0.29, 0.717) is 16.9 Å². The molecule has 0 atom stereocenters. The summed E-state index contributed by atoms with van der Waals surface area (Å²) in [5.41, 5.74) is 3.83. The average Bonchev–Trinajstić information content (AvgIpc) is 2.52. The second kappa shape index (κ2) is 6.36. The number of nitrogens with zero attached hydrogens (tertiary/aromatic N) is 1. The first-order valence-electron chi connectivity index (χ1n) is 5.96. The second-order valence-corrected chi connectivity index (χ2v) is 4.07. The minimum Gasteiger partial charge on any atom is -0.488 e. The molecule has 0 saturated carbocycles. The maximum absolute atomic E-state index is 11.4. The Morgan fingerprint density at radius 3 is 2.80 bits per heavy atom. The van der Waals surface area contributed by atoms with Gasteiger partial charge in [0.2, 0.25) is 0 Å². The van der Waals surface area contributed by atoms with Crippen LogP contribution in [0.3, 0.4) is 0 Å². The van der Waals surface area contributed by atoms with Crippen LogP contribution in [-0.4, -0.2) is 5.91 Å². The van der Waals surface area contributed by atoms with Crippen LogP contribution in [0.1, 0.15) is 21.5 Å². The van der Waals surface area contributed by atoms with Gasteiger partial charge >= 0.3 is 0 Å². The van der Waals surface area contributed by atoms with Crippen molar-refractivity contribution in [3.63, 3.8) is 0 Å². The molecular weight excluding hydrogens is 254 g/mol. The quantitative estimate of drug-likeness (QED) is 0.501. The van der Waals surface area contributed by atoms with Gasteiger partial charge in [0.25, 0.3) is 5.91 Å². The molecule has 2 aromatic rings. The van der Waals surface area contributed by atoms with E-state index in [4.69, 9.17) is 15.8 Å². The monoisotopic (exact) mass is 267 g/mol. The summed E-state index contributed by atoms with van der Waals surface area (Å²) >= 11 is 0. The van der Waals surface area contributed by atoms with E-state index in [9.17, 15) is 4.79 Å². The minimum atomic E-state index is -0.357. The summed E-state index contributed by atoms with van der Waals surface area (Å²) in [5, 5.41) is 8.97. The number of nitrogen functional groups attached to an aromatic ring is 1. The molecule has 0 bridgehead atoms. The molecule has 0 aliphatic carbocycles. The van der Waals surface area contributed by atoms with Crippen LogP contribution in [-0.2, 0) is 6.61 Å². The lowest BCUT2D eigenvalue weighted by molar-refractivity contribution is 0.0953. The molecular formula is C15H13N3O2. The zero-order valence-corrected chi connectivity index (χ0v) is 10.7. The first-order chi connectivity index (χ1) is 9.74. The number of benzene rings is 2. The van der Waals surface area contributed by atoms with E-state index in [1.54, 1.807) is 42.5 Å². The minimum absolute atomic E-state index is 0.268. The Morgan fingerprint density at radius 1 is 1.25 bits per heavy atom. The van der Waals surface area contributed by atoms with Gasteiger partial charge in [-0.25, -0.2) is 5.84 Å². The fourth-order valence-electron chi connectivity index (χ4n) is 1.73. The summed E-state index contributed by atoms with van der Waals surface area (Å²) in [7, 11) is 0. The third kappa shape index (κ3) is 3.13. The van der Waals surface area contributed by atoms with Gasteiger partial charge in [-0.05, 0) is 29.8 Å². The maximum Gasteiger partial charge on any atom is 0.265 e. The Kier molecular flexibility index (Phi) is 4.32. The van der Waals surface area contributed by atoms with Crippen molar-refractivity contribution < 1.29 is 9.53 Å². The summed E-state index contributed by atoms with van der Waals surface area (Å²) in [6, 6.07) is 16.0. The van der Waals surface area contributed by atoms with E-state index < -0.39 is 0 Å². The van der Waals surface area contributed by atoms with Crippen molar-refractivity contribution in [3.8, 4) is 11.8 Å². The summed E-state index contributed by atoms with van der Waals surface area (Å²) < 4.78 is 5.60. The lowest BCUT2D eigenvalue weighted by Crippen LogP contribution is -2.30. The number of hydrogen-bond acceptors (Lipinski definition) is 4. The van der Waals surface area contributed by atoms with Gasteiger partial charge in [-0.3, -0.25) is 10.2 Å². The molecule has 0 fully saturated rings. The molecule has 2 aromatic carbocycles. The lowest BCUT2D eigenvalue weighted by atomic mass is 10.1. The lowest BCUT2D eigenvalue weighted by Gasteiger charge is -2.08. The third-order valence-corrected chi connectivity index (χ3v) is 2.72. The van der Waals surface area contributed by atoms with E-state index in [0.717, 1.165) is 5.56 Å². The third-order valence-electron chi connectivity index (χ3n) is 2.72. The molecule has 2 rings (SSSR count). The zero-order valence-electron chi connectivity index (χ0n) is 10.7. The van der Waals surface area contributed by atoms with Crippen molar-refractivity contribution >= 4 is 5.91 Å². The average molecular weight is 267 g/mol. The van der Waals surface area contributed by atoms with Crippen LogP contribution in [0, 0.1) is 11.3 Å². The predicted octanol–water partition coefficient (Wildman–Crippen LogP) is 1.74. The first-order valence-corrected chi connectivity index (χ1v) is 5.96. The maximum atomic E-state index is 11.4. The molecule has 0 saturated heterocycles. The number of nitrogens with two attached hydrogens (primary N) is 1. The second-order valence-electron chi connectivity index (χ2n) is 4.07. The van der Waals surface area contributed by atoms with Crippen molar-refractivity contribution in [2.24, 2.45) is 5.84 Å².